The number of benzene rings is 2. The molecule has 2 N–H and O–H groups in total. The predicted molar refractivity (Wildman–Crippen MR) is 105 cm³/mol. The fourth-order valence-electron chi connectivity index (χ4n) is 2.76. The van der Waals surface area contributed by atoms with Gasteiger partial charge in [-0.25, -0.2) is 9.18 Å². The van der Waals surface area contributed by atoms with Gasteiger partial charge < -0.3 is 20.1 Å². The minimum Gasteiger partial charge on any atom is -0.490 e. The number of carbonyl (C=O) groups excluding carboxylic acids is 1. The molecule has 0 aliphatic carbocycles. The molecule has 0 spiro atoms. The van der Waals surface area contributed by atoms with E-state index in [9.17, 15) is 9.18 Å². The fraction of sp³-hybridized carbons (Fsp3) is 0.381. The standard InChI is InChI=1S/C21H27FN2O3/c1-5-26-18-12-11-15(13-19(18)27-6-2)20(14(3)4)24-21(25)23-17-10-8-7-9-16(17)22/h7-14,20H,5-6H2,1-4H3,(H2,23,24,25)/t20-/m1/s1. The second-order valence-electron chi connectivity index (χ2n) is 6.37. The summed E-state index contributed by atoms with van der Waals surface area (Å²) in [6.07, 6.45) is 0. The van der Waals surface area contributed by atoms with Crippen LogP contribution in [-0.2, 0) is 0 Å². The van der Waals surface area contributed by atoms with Gasteiger partial charge in [-0.15, -0.1) is 0 Å². The van der Waals surface area contributed by atoms with E-state index in [0.717, 1.165) is 5.56 Å². The number of ether oxygens (including phenoxy) is 2. The zero-order valence-corrected chi connectivity index (χ0v) is 16.2. The number of amides is 2. The third-order valence-corrected chi connectivity index (χ3v) is 4.00. The van der Waals surface area contributed by atoms with Crippen LogP contribution in [0.3, 0.4) is 0 Å². The first kappa shape index (κ1) is 20.6. The van der Waals surface area contributed by atoms with Crippen molar-refractivity contribution in [2.24, 2.45) is 5.92 Å². The van der Waals surface area contributed by atoms with Crippen molar-refractivity contribution in [3.8, 4) is 11.5 Å². The van der Waals surface area contributed by atoms with Crippen LogP contribution in [-0.4, -0.2) is 19.2 Å². The van der Waals surface area contributed by atoms with E-state index >= 15 is 0 Å². The van der Waals surface area contributed by atoms with Crippen molar-refractivity contribution in [2.75, 3.05) is 18.5 Å². The third kappa shape index (κ3) is 5.61. The van der Waals surface area contributed by atoms with Gasteiger partial charge in [0.05, 0.1) is 24.9 Å². The molecule has 0 bridgehead atoms. The summed E-state index contributed by atoms with van der Waals surface area (Å²) in [5, 5.41) is 5.47. The van der Waals surface area contributed by atoms with E-state index < -0.39 is 11.8 Å². The maximum absolute atomic E-state index is 13.8. The van der Waals surface area contributed by atoms with E-state index in [1.165, 1.54) is 12.1 Å². The van der Waals surface area contributed by atoms with Gasteiger partial charge in [-0.05, 0) is 49.6 Å². The van der Waals surface area contributed by atoms with Crippen LogP contribution in [0.2, 0.25) is 0 Å². The molecular weight excluding hydrogens is 347 g/mol. The van der Waals surface area contributed by atoms with Gasteiger partial charge >= 0.3 is 6.03 Å². The molecular formula is C21H27FN2O3. The number of rotatable bonds is 8. The van der Waals surface area contributed by atoms with Gasteiger partial charge in [0.2, 0.25) is 0 Å². The lowest BCUT2D eigenvalue weighted by Crippen LogP contribution is -2.35. The van der Waals surface area contributed by atoms with Crippen molar-refractivity contribution in [3.05, 3.63) is 53.8 Å². The molecule has 0 aliphatic heterocycles. The SMILES string of the molecule is CCOc1ccc([C@H](NC(=O)Nc2ccccc2F)C(C)C)cc1OCC. The van der Waals surface area contributed by atoms with Gasteiger partial charge in [0, 0.05) is 0 Å². The van der Waals surface area contributed by atoms with Crippen molar-refractivity contribution in [2.45, 2.75) is 33.7 Å². The quantitative estimate of drug-likeness (QED) is 0.672. The highest BCUT2D eigenvalue weighted by molar-refractivity contribution is 5.89. The van der Waals surface area contributed by atoms with Gasteiger partial charge in [0.25, 0.3) is 0 Å². The highest BCUT2D eigenvalue weighted by atomic mass is 19.1. The van der Waals surface area contributed by atoms with E-state index in [1.807, 2.05) is 45.9 Å². The molecule has 6 heteroatoms. The molecule has 0 heterocycles. The number of hydrogen-bond acceptors (Lipinski definition) is 3. The van der Waals surface area contributed by atoms with Crippen LogP contribution in [0, 0.1) is 11.7 Å². The van der Waals surface area contributed by atoms with Gasteiger partial charge in [-0.3, -0.25) is 0 Å². The average molecular weight is 374 g/mol. The van der Waals surface area contributed by atoms with Crippen molar-refractivity contribution < 1.29 is 18.7 Å². The summed E-state index contributed by atoms with van der Waals surface area (Å²) < 4.78 is 25.0. The van der Waals surface area contributed by atoms with Crippen LogP contribution in [0.1, 0.15) is 39.3 Å². The Bertz CT molecular complexity index is 765. The van der Waals surface area contributed by atoms with E-state index in [1.54, 1.807) is 12.1 Å². The number of anilines is 1. The Morgan fingerprint density at radius 2 is 1.70 bits per heavy atom. The summed E-state index contributed by atoms with van der Waals surface area (Å²) in [6, 6.07) is 10.9. The molecule has 0 aromatic heterocycles. The Balaban J connectivity index is 2.20. The molecule has 0 unspecified atom stereocenters. The fourth-order valence-corrected chi connectivity index (χ4v) is 2.76. The number of hydrogen-bond donors (Lipinski definition) is 2. The summed E-state index contributed by atoms with van der Waals surface area (Å²) in [7, 11) is 0. The first-order chi connectivity index (χ1) is 13.0. The molecule has 27 heavy (non-hydrogen) atoms. The highest BCUT2D eigenvalue weighted by Gasteiger charge is 2.21. The minimum atomic E-state index is -0.478. The van der Waals surface area contributed by atoms with Crippen molar-refractivity contribution >= 4 is 11.7 Å². The van der Waals surface area contributed by atoms with E-state index in [-0.39, 0.29) is 17.6 Å². The van der Waals surface area contributed by atoms with Gasteiger partial charge in [-0.1, -0.05) is 32.0 Å². The van der Waals surface area contributed by atoms with E-state index in [2.05, 4.69) is 10.6 Å². The van der Waals surface area contributed by atoms with Gasteiger partial charge in [0.1, 0.15) is 5.82 Å². The molecule has 0 aliphatic rings. The van der Waals surface area contributed by atoms with Crippen LogP contribution in [0.5, 0.6) is 11.5 Å². The number of carbonyl (C=O) groups is 1. The number of para-hydroxylation sites is 1. The number of nitrogens with one attached hydrogen (secondary N) is 2. The maximum Gasteiger partial charge on any atom is 0.319 e. The molecule has 146 valence electrons. The summed E-state index contributed by atoms with van der Waals surface area (Å²) in [5.41, 5.74) is 1.03. The number of halogens is 1. The van der Waals surface area contributed by atoms with Crippen LogP contribution in [0.15, 0.2) is 42.5 Å². The normalized spacial score (nSPS) is 11.8. The van der Waals surface area contributed by atoms with Gasteiger partial charge in [0.15, 0.2) is 11.5 Å². The molecule has 2 aromatic carbocycles. The molecule has 2 aromatic rings. The van der Waals surface area contributed by atoms with Gasteiger partial charge in [-0.2, -0.15) is 0 Å². The Hall–Kier alpha value is -2.76. The second-order valence-corrected chi connectivity index (χ2v) is 6.37. The monoisotopic (exact) mass is 374 g/mol. The number of urea groups is 1. The van der Waals surface area contributed by atoms with Crippen LogP contribution >= 0.6 is 0 Å². The van der Waals surface area contributed by atoms with Crippen LogP contribution in [0.4, 0.5) is 14.9 Å². The molecule has 2 amide bonds. The van der Waals surface area contributed by atoms with E-state index in [4.69, 9.17) is 9.47 Å². The Labute approximate surface area is 159 Å². The van der Waals surface area contributed by atoms with Crippen LogP contribution in [0.25, 0.3) is 0 Å². The third-order valence-electron chi connectivity index (χ3n) is 4.00. The Kier molecular flexibility index (Phi) is 7.46. The minimum absolute atomic E-state index is 0.115. The lowest BCUT2D eigenvalue weighted by molar-refractivity contribution is 0.244. The largest absolute Gasteiger partial charge is 0.490 e. The summed E-state index contributed by atoms with van der Waals surface area (Å²) in [5.74, 6) is 0.942. The highest BCUT2D eigenvalue weighted by Crippen LogP contribution is 2.33. The maximum atomic E-state index is 13.8. The first-order valence-electron chi connectivity index (χ1n) is 9.17. The second kappa shape index (κ2) is 9.80. The molecule has 0 fully saturated rings. The Morgan fingerprint density at radius 1 is 1.04 bits per heavy atom. The molecule has 0 radical (unpaired) electrons. The van der Waals surface area contributed by atoms with Crippen molar-refractivity contribution in [1.82, 2.24) is 5.32 Å². The van der Waals surface area contributed by atoms with Crippen molar-refractivity contribution in [1.29, 1.82) is 0 Å². The predicted octanol–water partition coefficient (Wildman–Crippen LogP) is 5.14. The summed E-state index contributed by atoms with van der Waals surface area (Å²) in [6.45, 7) is 8.88. The lowest BCUT2D eigenvalue weighted by Gasteiger charge is -2.24. The smallest absolute Gasteiger partial charge is 0.319 e. The summed E-state index contributed by atoms with van der Waals surface area (Å²) in [4.78, 5) is 12.4. The topological polar surface area (TPSA) is 59.6 Å². The van der Waals surface area contributed by atoms with E-state index in [0.29, 0.717) is 24.7 Å². The molecule has 1 atom stereocenters. The lowest BCUT2D eigenvalue weighted by atomic mass is 9.95. The molecule has 0 saturated carbocycles. The zero-order valence-electron chi connectivity index (χ0n) is 16.2. The van der Waals surface area contributed by atoms with Crippen molar-refractivity contribution in [3.63, 3.8) is 0 Å². The summed E-state index contributed by atoms with van der Waals surface area (Å²) >= 11 is 0. The first-order valence-corrected chi connectivity index (χ1v) is 9.17. The average Bonchev–Trinajstić information content (AvgIpc) is 2.63. The zero-order chi connectivity index (χ0) is 19.8. The Morgan fingerprint density at radius 3 is 2.33 bits per heavy atom. The van der Waals surface area contributed by atoms with Crippen LogP contribution < -0.4 is 20.1 Å². The molecule has 2 rings (SSSR count). The molecule has 5 nitrogen and oxygen atoms in total. The molecule has 0 saturated heterocycles.